The van der Waals surface area contributed by atoms with Gasteiger partial charge in [-0.05, 0) is 18.2 Å². The number of benzene rings is 1. The molecule has 18 heavy (non-hydrogen) atoms. The van der Waals surface area contributed by atoms with Crippen molar-refractivity contribution in [2.24, 2.45) is 0 Å². The van der Waals surface area contributed by atoms with E-state index in [9.17, 15) is 9.90 Å². The molecule has 0 unspecified atom stereocenters. The minimum Gasteiger partial charge on any atom is -0.506 e. The van der Waals surface area contributed by atoms with E-state index in [4.69, 9.17) is 5.73 Å². The molecule has 5 nitrogen and oxygen atoms in total. The van der Waals surface area contributed by atoms with Crippen molar-refractivity contribution in [1.29, 1.82) is 0 Å². The van der Waals surface area contributed by atoms with Crippen molar-refractivity contribution in [1.82, 2.24) is 10.3 Å². The van der Waals surface area contributed by atoms with Gasteiger partial charge in [0.2, 0.25) is 0 Å². The second kappa shape index (κ2) is 5.50. The number of amides is 1. The summed E-state index contributed by atoms with van der Waals surface area (Å²) in [5.74, 6) is -0.315. The van der Waals surface area contributed by atoms with Gasteiger partial charge in [0.1, 0.15) is 5.75 Å². The monoisotopic (exact) mass is 263 g/mol. The van der Waals surface area contributed by atoms with Crippen molar-refractivity contribution in [2.45, 2.75) is 6.42 Å². The number of hydrogen-bond donors (Lipinski definition) is 3. The zero-order valence-corrected chi connectivity index (χ0v) is 10.4. The number of aromatic hydroxyl groups is 1. The summed E-state index contributed by atoms with van der Waals surface area (Å²) in [4.78, 5) is 15.9. The van der Waals surface area contributed by atoms with E-state index in [0.29, 0.717) is 18.5 Å². The van der Waals surface area contributed by atoms with Gasteiger partial charge in [0, 0.05) is 30.1 Å². The van der Waals surface area contributed by atoms with Crippen LogP contribution in [0.2, 0.25) is 0 Å². The first kappa shape index (κ1) is 12.4. The Kier molecular flexibility index (Phi) is 3.78. The Bertz CT molecular complexity index is 540. The van der Waals surface area contributed by atoms with Crippen LogP contribution in [0.15, 0.2) is 29.8 Å². The molecule has 6 heteroatoms. The number of nitrogens with one attached hydrogen (secondary N) is 1. The van der Waals surface area contributed by atoms with E-state index < -0.39 is 0 Å². The van der Waals surface area contributed by atoms with Crippen LogP contribution in [0.5, 0.6) is 5.75 Å². The van der Waals surface area contributed by atoms with Gasteiger partial charge in [-0.2, -0.15) is 0 Å². The Balaban J connectivity index is 1.89. The van der Waals surface area contributed by atoms with Crippen LogP contribution in [0, 0.1) is 0 Å². The number of nitrogen functional groups attached to an aromatic ring is 1. The van der Waals surface area contributed by atoms with E-state index >= 15 is 0 Å². The number of nitrogens with two attached hydrogens (primary N) is 1. The molecule has 0 saturated heterocycles. The first-order valence-electron chi connectivity index (χ1n) is 5.42. The Morgan fingerprint density at radius 2 is 2.33 bits per heavy atom. The molecule has 2 rings (SSSR count). The fourth-order valence-electron chi connectivity index (χ4n) is 1.45. The van der Waals surface area contributed by atoms with Crippen LogP contribution in [0.25, 0.3) is 0 Å². The number of carbonyl (C=O) groups is 1. The first-order valence-corrected chi connectivity index (χ1v) is 6.30. The molecule has 0 aliphatic heterocycles. The Morgan fingerprint density at radius 3 is 3.00 bits per heavy atom. The average Bonchev–Trinajstić information content (AvgIpc) is 2.85. The molecule has 0 fully saturated rings. The lowest BCUT2D eigenvalue weighted by Gasteiger charge is -2.05. The number of phenols is 1. The van der Waals surface area contributed by atoms with Crippen molar-refractivity contribution in [2.75, 3.05) is 12.3 Å². The Labute approximate surface area is 108 Å². The Hall–Kier alpha value is -2.08. The molecule has 2 aromatic rings. The van der Waals surface area contributed by atoms with Gasteiger partial charge in [-0.25, -0.2) is 4.98 Å². The summed E-state index contributed by atoms with van der Waals surface area (Å²) >= 11 is 1.56. The molecule has 4 N–H and O–H groups in total. The summed E-state index contributed by atoms with van der Waals surface area (Å²) in [6.07, 6.45) is 2.43. The van der Waals surface area contributed by atoms with Gasteiger partial charge >= 0.3 is 0 Å². The lowest BCUT2D eigenvalue weighted by molar-refractivity contribution is 0.0954. The number of thiazole rings is 1. The quantitative estimate of drug-likeness (QED) is 0.574. The van der Waals surface area contributed by atoms with Crippen molar-refractivity contribution >= 4 is 22.9 Å². The van der Waals surface area contributed by atoms with Crippen LogP contribution in [0.3, 0.4) is 0 Å². The van der Waals surface area contributed by atoms with E-state index in [1.165, 1.54) is 12.1 Å². The van der Waals surface area contributed by atoms with Crippen LogP contribution < -0.4 is 11.1 Å². The van der Waals surface area contributed by atoms with E-state index in [1.807, 2.05) is 5.38 Å². The lowest BCUT2D eigenvalue weighted by atomic mass is 10.2. The van der Waals surface area contributed by atoms with Gasteiger partial charge in [0.15, 0.2) is 0 Å². The highest BCUT2D eigenvalue weighted by molar-refractivity contribution is 7.09. The molecular weight excluding hydrogens is 250 g/mol. The van der Waals surface area contributed by atoms with Gasteiger partial charge < -0.3 is 16.2 Å². The number of aromatic nitrogens is 1. The van der Waals surface area contributed by atoms with Crippen molar-refractivity contribution in [3.05, 3.63) is 40.3 Å². The molecule has 1 aromatic carbocycles. The topological polar surface area (TPSA) is 88.2 Å². The number of anilines is 1. The van der Waals surface area contributed by atoms with Crippen LogP contribution in [-0.4, -0.2) is 22.5 Å². The zero-order valence-electron chi connectivity index (χ0n) is 9.59. The van der Waals surface area contributed by atoms with Crippen molar-refractivity contribution in [3.8, 4) is 5.75 Å². The van der Waals surface area contributed by atoms with Crippen LogP contribution in [0.1, 0.15) is 15.4 Å². The standard InChI is InChI=1S/C12H13N3O2S/c13-9-2-1-8(7-10(9)16)12(17)15-4-3-11-14-5-6-18-11/h1-2,5-7,16H,3-4,13H2,(H,15,17). The van der Waals surface area contributed by atoms with E-state index in [0.717, 1.165) is 5.01 Å². The van der Waals surface area contributed by atoms with Gasteiger partial charge in [-0.3, -0.25) is 4.79 Å². The predicted molar refractivity (Wildman–Crippen MR) is 70.7 cm³/mol. The summed E-state index contributed by atoms with van der Waals surface area (Å²) in [7, 11) is 0. The minimum atomic E-state index is -0.234. The normalized spacial score (nSPS) is 10.2. The van der Waals surface area contributed by atoms with Crippen LogP contribution >= 0.6 is 11.3 Å². The first-order chi connectivity index (χ1) is 8.66. The SMILES string of the molecule is Nc1ccc(C(=O)NCCc2nccs2)cc1O. The molecule has 0 radical (unpaired) electrons. The van der Waals surface area contributed by atoms with Crippen LogP contribution in [-0.2, 0) is 6.42 Å². The summed E-state index contributed by atoms with van der Waals surface area (Å²) in [5, 5.41) is 15.1. The minimum absolute atomic E-state index is 0.0810. The number of phenolic OH excluding ortho intramolecular Hbond substituents is 1. The molecule has 0 atom stereocenters. The number of carbonyl (C=O) groups excluding carboxylic acids is 1. The third-order valence-corrected chi connectivity index (χ3v) is 3.24. The fourth-order valence-corrected chi connectivity index (χ4v) is 2.07. The number of nitrogens with zero attached hydrogens (tertiary/aromatic N) is 1. The molecule has 1 amide bonds. The summed E-state index contributed by atoms with van der Waals surface area (Å²) in [5.41, 5.74) is 6.11. The van der Waals surface area contributed by atoms with Crippen LogP contribution in [0.4, 0.5) is 5.69 Å². The summed E-state index contributed by atoms with van der Waals surface area (Å²) < 4.78 is 0. The van der Waals surface area contributed by atoms with Gasteiger partial charge in [0.25, 0.3) is 5.91 Å². The maximum Gasteiger partial charge on any atom is 0.251 e. The smallest absolute Gasteiger partial charge is 0.251 e. The highest BCUT2D eigenvalue weighted by atomic mass is 32.1. The van der Waals surface area contributed by atoms with Gasteiger partial charge in [-0.1, -0.05) is 0 Å². The van der Waals surface area contributed by atoms with Crippen molar-refractivity contribution in [3.63, 3.8) is 0 Å². The molecule has 0 bridgehead atoms. The summed E-state index contributed by atoms with van der Waals surface area (Å²) in [6, 6.07) is 4.44. The number of hydrogen-bond acceptors (Lipinski definition) is 5. The maximum absolute atomic E-state index is 11.8. The van der Waals surface area contributed by atoms with E-state index in [-0.39, 0.29) is 17.3 Å². The molecule has 0 spiro atoms. The molecule has 0 aliphatic carbocycles. The average molecular weight is 263 g/mol. The van der Waals surface area contributed by atoms with Gasteiger partial charge in [0.05, 0.1) is 10.7 Å². The second-order valence-electron chi connectivity index (χ2n) is 3.71. The molecular formula is C12H13N3O2S. The number of rotatable bonds is 4. The fraction of sp³-hybridized carbons (Fsp3) is 0.167. The highest BCUT2D eigenvalue weighted by Gasteiger charge is 2.07. The van der Waals surface area contributed by atoms with E-state index in [1.54, 1.807) is 23.6 Å². The molecule has 94 valence electrons. The largest absolute Gasteiger partial charge is 0.506 e. The maximum atomic E-state index is 11.8. The zero-order chi connectivity index (χ0) is 13.0. The Morgan fingerprint density at radius 1 is 1.50 bits per heavy atom. The molecule has 0 aliphatic rings. The van der Waals surface area contributed by atoms with E-state index in [2.05, 4.69) is 10.3 Å². The molecule has 0 saturated carbocycles. The third kappa shape index (κ3) is 2.98. The molecule has 1 aromatic heterocycles. The highest BCUT2D eigenvalue weighted by Crippen LogP contribution is 2.20. The third-order valence-electron chi connectivity index (χ3n) is 2.40. The molecule has 1 heterocycles. The summed E-state index contributed by atoms with van der Waals surface area (Å²) in [6.45, 7) is 0.511. The van der Waals surface area contributed by atoms with Crippen molar-refractivity contribution < 1.29 is 9.90 Å². The predicted octanol–water partition coefficient (Wildman–Crippen LogP) is 1.40. The second-order valence-corrected chi connectivity index (χ2v) is 4.68. The lowest BCUT2D eigenvalue weighted by Crippen LogP contribution is -2.25. The van der Waals surface area contributed by atoms with Gasteiger partial charge in [-0.15, -0.1) is 11.3 Å².